The highest BCUT2D eigenvalue weighted by Gasteiger charge is 2.24. The number of aromatic nitrogens is 2. The van der Waals surface area contributed by atoms with Crippen LogP contribution in [-0.2, 0) is 7.05 Å². The van der Waals surface area contributed by atoms with Gasteiger partial charge in [0.15, 0.2) is 0 Å². The summed E-state index contributed by atoms with van der Waals surface area (Å²) in [4.78, 5) is 11.8. The van der Waals surface area contributed by atoms with Gasteiger partial charge in [-0.05, 0) is 6.92 Å². The summed E-state index contributed by atoms with van der Waals surface area (Å²) in [7, 11) is 1.78. The van der Waals surface area contributed by atoms with E-state index in [-0.39, 0.29) is 11.4 Å². The maximum Gasteiger partial charge on any atom is 0.254 e. The van der Waals surface area contributed by atoms with E-state index in [0.717, 1.165) is 0 Å². The number of halogens is 2. The first-order valence-electron chi connectivity index (χ1n) is 4.44. The van der Waals surface area contributed by atoms with Gasteiger partial charge in [-0.25, -0.2) is 0 Å². The molecule has 0 spiro atoms. The summed E-state index contributed by atoms with van der Waals surface area (Å²) >= 11 is 6.75. The van der Waals surface area contributed by atoms with Crippen molar-refractivity contribution in [3.05, 3.63) is 18.0 Å². The molecule has 4 nitrogen and oxygen atoms in total. The molecule has 1 N–H and O–H groups in total. The van der Waals surface area contributed by atoms with Crippen molar-refractivity contribution in [2.24, 2.45) is 7.05 Å². The average Bonchev–Trinajstić information content (AvgIpc) is 2.65. The molecule has 0 aliphatic carbocycles. The van der Waals surface area contributed by atoms with Gasteiger partial charge >= 0.3 is 0 Å². The number of carbonyl (C=O) groups is 1. The molecule has 6 heteroatoms. The number of nitrogens with zero attached hydrogens (tertiary/aromatic N) is 2. The molecule has 0 fully saturated rings. The summed E-state index contributed by atoms with van der Waals surface area (Å²) < 4.78 is 1.61. The molecule has 1 aromatic rings. The second-order valence-corrected chi connectivity index (χ2v) is 4.81. The summed E-state index contributed by atoms with van der Waals surface area (Å²) in [5, 5.41) is 8.27. The van der Waals surface area contributed by atoms with Crippen LogP contribution in [0.3, 0.4) is 0 Å². The Balaban J connectivity index is 2.71. The molecule has 1 aromatic heterocycles. The fourth-order valence-corrected chi connectivity index (χ4v) is 2.20. The van der Waals surface area contributed by atoms with Crippen molar-refractivity contribution in [1.29, 1.82) is 0 Å². The van der Waals surface area contributed by atoms with Gasteiger partial charge in [-0.15, -0.1) is 0 Å². The van der Waals surface area contributed by atoms with Crippen LogP contribution in [0.15, 0.2) is 12.4 Å². The fourth-order valence-electron chi connectivity index (χ4n) is 0.987. The molecule has 0 aliphatic rings. The molecule has 84 valence electrons. The summed E-state index contributed by atoms with van der Waals surface area (Å²) in [5.41, 5.74) is 0.290. The van der Waals surface area contributed by atoms with Gasteiger partial charge in [0.25, 0.3) is 5.91 Å². The topological polar surface area (TPSA) is 46.9 Å². The minimum Gasteiger partial charge on any atom is -0.345 e. The summed E-state index contributed by atoms with van der Waals surface area (Å²) in [5.74, 6) is -0.107. The molecule has 1 amide bonds. The zero-order chi connectivity index (χ0) is 11.5. The first-order chi connectivity index (χ1) is 7.00. The summed E-state index contributed by atoms with van der Waals surface area (Å²) in [6, 6.07) is 0. The highest BCUT2D eigenvalue weighted by molar-refractivity contribution is 9.09. The van der Waals surface area contributed by atoms with Crippen LogP contribution in [0.25, 0.3) is 0 Å². The smallest absolute Gasteiger partial charge is 0.254 e. The third-order valence-corrected chi connectivity index (χ3v) is 4.45. The van der Waals surface area contributed by atoms with E-state index in [4.69, 9.17) is 0 Å². The Morgan fingerprint density at radius 3 is 2.60 bits per heavy atom. The Kier molecular flexibility index (Phi) is 4.33. The number of nitrogens with one attached hydrogen (secondary N) is 1. The van der Waals surface area contributed by atoms with E-state index < -0.39 is 0 Å². The van der Waals surface area contributed by atoms with Crippen LogP contribution in [-0.4, -0.2) is 31.9 Å². The van der Waals surface area contributed by atoms with Crippen molar-refractivity contribution in [3.63, 3.8) is 0 Å². The van der Waals surface area contributed by atoms with Gasteiger partial charge in [-0.2, -0.15) is 5.10 Å². The van der Waals surface area contributed by atoms with E-state index in [1.54, 1.807) is 24.1 Å². The number of carbonyl (C=O) groups excluding carboxylic acids is 1. The van der Waals surface area contributed by atoms with Crippen LogP contribution >= 0.6 is 31.9 Å². The second-order valence-electron chi connectivity index (χ2n) is 3.68. The van der Waals surface area contributed by atoms with E-state index >= 15 is 0 Å². The van der Waals surface area contributed by atoms with Crippen molar-refractivity contribution in [2.45, 2.75) is 12.5 Å². The molecular weight excluding hydrogens is 326 g/mol. The molecule has 0 aliphatic heterocycles. The van der Waals surface area contributed by atoms with Gasteiger partial charge < -0.3 is 5.32 Å². The first kappa shape index (κ1) is 12.7. The van der Waals surface area contributed by atoms with Gasteiger partial charge in [-0.3, -0.25) is 9.48 Å². The molecule has 0 aromatic carbocycles. The summed E-state index contributed by atoms with van der Waals surface area (Å²) in [6.07, 6.45) is 3.25. The summed E-state index contributed by atoms with van der Waals surface area (Å²) in [6.45, 7) is 1.96. The second kappa shape index (κ2) is 5.12. The molecular formula is C9H13Br2N3O. The maximum absolute atomic E-state index is 11.8. The average molecular weight is 339 g/mol. The quantitative estimate of drug-likeness (QED) is 0.849. The van der Waals surface area contributed by atoms with Crippen molar-refractivity contribution in [3.8, 4) is 0 Å². The van der Waals surface area contributed by atoms with Crippen molar-refractivity contribution in [2.75, 3.05) is 10.7 Å². The van der Waals surface area contributed by atoms with E-state index in [1.807, 2.05) is 6.92 Å². The lowest BCUT2D eigenvalue weighted by molar-refractivity contribution is 0.0923. The minimum absolute atomic E-state index is 0.107. The third-order valence-electron chi connectivity index (χ3n) is 1.97. The van der Waals surface area contributed by atoms with E-state index in [1.165, 1.54) is 0 Å². The number of alkyl halides is 2. The van der Waals surface area contributed by atoms with E-state index in [0.29, 0.717) is 16.2 Å². The Bertz CT molecular complexity index is 347. The fraction of sp³-hybridized carbons (Fsp3) is 0.556. The zero-order valence-corrected chi connectivity index (χ0v) is 11.8. The number of hydrogen-bond acceptors (Lipinski definition) is 2. The number of rotatable bonds is 4. The van der Waals surface area contributed by atoms with Crippen LogP contribution < -0.4 is 5.32 Å². The van der Waals surface area contributed by atoms with Crippen LogP contribution in [0.5, 0.6) is 0 Å². The molecule has 0 saturated heterocycles. The molecule has 0 unspecified atom stereocenters. The lowest BCUT2D eigenvalue weighted by Crippen LogP contribution is -2.48. The molecule has 15 heavy (non-hydrogen) atoms. The number of aryl methyl sites for hydroxylation is 1. The molecule has 0 bridgehead atoms. The Labute approximate surface area is 106 Å². The lowest BCUT2D eigenvalue weighted by Gasteiger charge is -2.25. The lowest BCUT2D eigenvalue weighted by atomic mass is 10.1. The van der Waals surface area contributed by atoms with E-state index in [9.17, 15) is 4.79 Å². The highest BCUT2D eigenvalue weighted by Crippen LogP contribution is 2.12. The molecule has 1 rings (SSSR count). The molecule has 1 heterocycles. The Morgan fingerprint density at radius 2 is 2.20 bits per heavy atom. The van der Waals surface area contributed by atoms with Crippen molar-refractivity contribution in [1.82, 2.24) is 15.1 Å². The van der Waals surface area contributed by atoms with Crippen LogP contribution in [0.4, 0.5) is 0 Å². The van der Waals surface area contributed by atoms with Gasteiger partial charge in [0.1, 0.15) is 0 Å². The zero-order valence-electron chi connectivity index (χ0n) is 8.63. The molecule has 0 atom stereocenters. The maximum atomic E-state index is 11.8. The molecule has 0 radical (unpaired) electrons. The van der Waals surface area contributed by atoms with Gasteiger partial charge in [0, 0.05) is 23.9 Å². The highest BCUT2D eigenvalue weighted by atomic mass is 79.9. The van der Waals surface area contributed by atoms with Crippen LogP contribution in [0, 0.1) is 0 Å². The van der Waals surface area contributed by atoms with Crippen LogP contribution in [0.2, 0.25) is 0 Å². The largest absolute Gasteiger partial charge is 0.345 e. The minimum atomic E-state index is -0.285. The standard InChI is InChI=1S/C9H13Br2N3O/c1-9(5-10,6-11)13-8(15)7-3-12-14(2)4-7/h3-4H,5-6H2,1-2H3,(H,13,15). The van der Waals surface area contributed by atoms with Gasteiger partial charge in [0.2, 0.25) is 0 Å². The van der Waals surface area contributed by atoms with E-state index in [2.05, 4.69) is 42.3 Å². The van der Waals surface area contributed by atoms with Crippen LogP contribution in [0.1, 0.15) is 17.3 Å². The Morgan fingerprint density at radius 1 is 1.60 bits per heavy atom. The Hall–Kier alpha value is -0.360. The predicted molar refractivity (Wildman–Crippen MR) is 66.7 cm³/mol. The number of hydrogen-bond donors (Lipinski definition) is 1. The van der Waals surface area contributed by atoms with Crippen molar-refractivity contribution < 1.29 is 4.79 Å². The van der Waals surface area contributed by atoms with Crippen molar-refractivity contribution >= 4 is 37.8 Å². The third kappa shape index (κ3) is 3.31. The number of amides is 1. The SMILES string of the molecule is Cn1cc(C(=O)NC(C)(CBr)CBr)cn1. The normalized spacial score (nSPS) is 11.5. The van der Waals surface area contributed by atoms with Gasteiger partial charge in [0.05, 0.1) is 17.3 Å². The monoisotopic (exact) mass is 337 g/mol. The predicted octanol–water partition coefficient (Wildman–Crippen LogP) is 1.70. The molecule has 0 saturated carbocycles. The van der Waals surface area contributed by atoms with Gasteiger partial charge in [-0.1, -0.05) is 31.9 Å². The first-order valence-corrected chi connectivity index (χ1v) is 6.68.